The van der Waals surface area contributed by atoms with Crippen molar-refractivity contribution in [3.05, 3.63) is 53.9 Å². The highest BCUT2D eigenvalue weighted by Gasteiger charge is 2.40. The Balaban J connectivity index is 1.28. The van der Waals surface area contributed by atoms with Gasteiger partial charge in [0.1, 0.15) is 0 Å². The van der Waals surface area contributed by atoms with Gasteiger partial charge in [-0.25, -0.2) is 17.2 Å². The van der Waals surface area contributed by atoms with Crippen molar-refractivity contribution in [1.82, 2.24) is 18.7 Å². The summed E-state index contributed by atoms with van der Waals surface area (Å²) in [5.41, 5.74) is -0.353. The molecule has 7 nitrogen and oxygen atoms in total. The standard InChI is InChI=1S/C29H37F5N4O3S/c1-35(22-6-3-7-23(20-22)36-15-12-28(30,31)13-16-36)27(39)11-10-26-25-9-4-14-37(25)17-18-38(26)42(40,41)24-8-2-5-21(19-24)29(32,33)34/h2,4-5,8-9,14,19,22-23,26H,3,6-7,10-13,15-18,20H2,1H3. The molecule has 3 unspecified atom stereocenters. The predicted octanol–water partition coefficient (Wildman–Crippen LogP) is 5.53. The van der Waals surface area contributed by atoms with Gasteiger partial charge in [-0.05, 0) is 62.4 Å². The first-order valence-corrected chi connectivity index (χ1v) is 15.9. The molecule has 232 valence electrons. The van der Waals surface area contributed by atoms with E-state index in [9.17, 15) is 35.2 Å². The van der Waals surface area contributed by atoms with Gasteiger partial charge < -0.3 is 9.47 Å². The van der Waals surface area contributed by atoms with Crippen LogP contribution in [0.2, 0.25) is 0 Å². The van der Waals surface area contributed by atoms with E-state index < -0.39 is 38.6 Å². The maximum absolute atomic E-state index is 13.7. The van der Waals surface area contributed by atoms with Crippen LogP contribution in [0.1, 0.15) is 68.7 Å². The van der Waals surface area contributed by atoms with Gasteiger partial charge in [-0.2, -0.15) is 17.5 Å². The zero-order valence-corrected chi connectivity index (χ0v) is 24.4. The number of likely N-dealkylation sites (tertiary alicyclic amines) is 1. The number of amides is 1. The number of aromatic nitrogens is 1. The molecule has 2 fully saturated rings. The lowest BCUT2D eigenvalue weighted by Crippen LogP contribution is -2.50. The highest BCUT2D eigenvalue weighted by molar-refractivity contribution is 7.89. The second-order valence-electron chi connectivity index (χ2n) is 11.7. The Morgan fingerprint density at radius 3 is 2.50 bits per heavy atom. The van der Waals surface area contributed by atoms with Crippen LogP contribution in [-0.4, -0.2) is 77.7 Å². The highest BCUT2D eigenvalue weighted by Crippen LogP contribution is 2.38. The van der Waals surface area contributed by atoms with Crippen LogP contribution in [0.15, 0.2) is 47.5 Å². The fourth-order valence-electron chi connectivity index (χ4n) is 6.67. The summed E-state index contributed by atoms with van der Waals surface area (Å²) in [5.74, 6) is -2.76. The van der Waals surface area contributed by atoms with Crippen LogP contribution in [0.3, 0.4) is 0 Å². The molecule has 0 N–H and O–H groups in total. The minimum Gasteiger partial charge on any atom is -0.349 e. The molecule has 3 atom stereocenters. The van der Waals surface area contributed by atoms with Gasteiger partial charge in [-0.3, -0.25) is 9.69 Å². The van der Waals surface area contributed by atoms with E-state index in [-0.39, 0.29) is 50.2 Å². The van der Waals surface area contributed by atoms with Crippen LogP contribution in [0.25, 0.3) is 0 Å². The molecule has 1 aliphatic carbocycles. The fraction of sp³-hybridized carbons (Fsp3) is 0.621. The molecule has 1 amide bonds. The number of hydrogen-bond donors (Lipinski definition) is 0. The van der Waals surface area contributed by atoms with Gasteiger partial charge in [0, 0.05) is 76.5 Å². The molecule has 0 spiro atoms. The van der Waals surface area contributed by atoms with Crippen molar-refractivity contribution in [2.24, 2.45) is 0 Å². The Morgan fingerprint density at radius 1 is 1.05 bits per heavy atom. The zero-order chi connectivity index (χ0) is 30.3. The third-order valence-corrected chi connectivity index (χ3v) is 11.0. The molecule has 0 bridgehead atoms. The van der Waals surface area contributed by atoms with E-state index in [1.807, 2.05) is 10.8 Å². The number of fused-ring (bicyclic) bond motifs is 1. The minimum atomic E-state index is -4.68. The summed E-state index contributed by atoms with van der Waals surface area (Å²) in [7, 11) is -2.56. The average Bonchev–Trinajstić information content (AvgIpc) is 3.44. The van der Waals surface area contributed by atoms with Crippen molar-refractivity contribution in [3.8, 4) is 0 Å². The minimum absolute atomic E-state index is 0.0427. The first-order valence-electron chi connectivity index (χ1n) is 14.5. The lowest BCUT2D eigenvalue weighted by atomic mass is 9.87. The van der Waals surface area contributed by atoms with E-state index in [2.05, 4.69) is 4.90 Å². The third kappa shape index (κ3) is 6.52. The molecule has 1 aromatic heterocycles. The van der Waals surface area contributed by atoms with Crippen LogP contribution >= 0.6 is 0 Å². The molecule has 5 rings (SSSR count). The summed E-state index contributed by atoms with van der Waals surface area (Å²) >= 11 is 0. The smallest absolute Gasteiger partial charge is 0.349 e. The second kappa shape index (κ2) is 11.9. The number of alkyl halides is 5. The summed E-state index contributed by atoms with van der Waals surface area (Å²) in [6.07, 6.45) is 0.378. The fourth-order valence-corrected chi connectivity index (χ4v) is 8.34. The highest BCUT2D eigenvalue weighted by atomic mass is 32.2. The number of piperidine rings is 1. The molecule has 1 aromatic carbocycles. The van der Waals surface area contributed by atoms with Gasteiger partial charge in [0.2, 0.25) is 15.9 Å². The van der Waals surface area contributed by atoms with Crippen LogP contribution < -0.4 is 0 Å². The molecular weight excluding hydrogens is 579 g/mol. The monoisotopic (exact) mass is 616 g/mol. The van der Waals surface area contributed by atoms with E-state index in [0.29, 0.717) is 37.8 Å². The maximum Gasteiger partial charge on any atom is 0.416 e. The predicted molar refractivity (Wildman–Crippen MR) is 146 cm³/mol. The first kappa shape index (κ1) is 30.9. The molecule has 1 saturated carbocycles. The Bertz CT molecular complexity index is 1370. The number of hydrogen-bond acceptors (Lipinski definition) is 4. The molecule has 3 aliphatic rings. The van der Waals surface area contributed by atoms with Crippen molar-refractivity contribution >= 4 is 15.9 Å². The normalized spacial score (nSPS) is 25.6. The molecule has 42 heavy (non-hydrogen) atoms. The Hall–Kier alpha value is -2.51. The summed E-state index contributed by atoms with van der Waals surface area (Å²) in [5, 5.41) is 0. The van der Waals surface area contributed by atoms with E-state index in [1.54, 1.807) is 24.1 Å². The van der Waals surface area contributed by atoms with Crippen LogP contribution in [0, 0.1) is 0 Å². The number of carbonyl (C=O) groups is 1. The van der Waals surface area contributed by atoms with Crippen LogP contribution in [0.5, 0.6) is 0 Å². The average molecular weight is 617 g/mol. The van der Waals surface area contributed by atoms with Crippen molar-refractivity contribution < 1.29 is 35.2 Å². The van der Waals surface area contributed by atoms with Gasteiger partial charge in [-0.1, -0.05) is 6.07 Å². The molecule has 2 aromatic rings. The molecule has 2 aliphatic heterocycles. The van der Waals surface area contributed by atoms with E-state index >= 15 is 0 Å². The molecular formula is C29H37F5N4O3S. The maximum atomic E-state index is 13.7. The number of nitrogens with zero attached hydrogens (tertiary/aromatic N) is 4. The van der Waals surface area contributed by atoms with Crippen molar-refractivity contribution in [2.75, 3.05) is 26.7 Å². The second-order valence-corrected chi connectivity index (χ2v) is 13.6. The summed E-state index contributed by atoms with van der Waals surface area (Å²) < 4.78 is 97.8. The van der Waals surface area contributed by atoms with E-state index in [1.165, 1.54) is 4.31 Å². The van der Waals surface area contributed by atoms with Gasteiger partial charge in [0.15, 0.2) is 0 Å². The zero-order valence-electron chi connectivity index (χ0n) is 23.6. The molecule has 0 radical (unpaired) electrons. The van der Waals surface area contributed by atoms with Crippen molar-refractivity contribution in [3.63, 3.8) is 0 Å². The molecule has 3 heterocycles. The number of rotatable bonds is 7. The van der Waals surface area contributed by atoms with Crippen molar-refractivity contribution in [2.45, 2.75) is 93.0 Å². The lowest BCUT2D eigenvalue weighted by Gasteiger charge is -2.43. The number of halogens is 5. The largest absolute Gasteiger partial charge is 0.416 e. The Labute approximate surface area is 243 Å². The Morgan fingerprint density at radius 2 is 1.79 bits per heavy atom. The summed E-state index contributed by atoms with van der Waals surface area (Å²) in [4.78, 5) is 16.8. The van der Waals surface area contributed by atoms with Crippen LogP contribution in [0.4, 0.5) is 22.0 Å². The topological polar surface area (TPSA) is 65.9 Å². The molecule has 13 heteroatoms. The van der Waals surface area contributed by atoms with Gasteiger partial charge in [0.05, 0.1) is 16.5 Å². The lowest BCUT2D eigenvalue weighted by molar-refractivity contribution is -0.137. The van der Waals surface area contributed by atoms with E-state index in [4.69, 9.17) is 0 Å². The van der Waals surface area contributed by atoms with Gasteiger partial charge in [0.25, 0.3) is 5.92 Å². The van der Waals surface area contributed by atoms with Gasteiger partial charge in [-0.15, -0.1) is 0 Å². The number of sulfonamides is 1. The quantitative estimate of drug-likeness (QED) is 0.384. The summed E-state index contributed by atoms with van der Waals surface area (Å²) in [6.45, 7) is 1.10. The first-order chi connectivity index (χ1) is 19.8. The van der Waals surface area contributed by atoms with Crippen LogP contribution in [-0.2, 0) is 27.5 Å². The third-order valence-electron chi connectivity index (χ3n) is 9.12. The van der Waals surface area contributed by atoms with Gasteiger partial charge >= 0.3 is 6.18 Å². The number of benzene rings is 1. The summed E-state index contributed by atoms with van der Waals surface area (Å²) in [6, 6.07) is 6.68. The number of carbonyl (C=O) groups excluding carboxylic acids is 1. The van der Waals surface area contributed by atoms with Crippen molar-refractivity contribution in [1.29, 1.82) is 0 Å². The Kier molecular flexibility index (Phi) is 8.75. The molecule has 1 saturated heterocycles. The van der Waals surface area contributed by atoms with E-state index in [0.717, 1.165) is 37.5 Å². The SMILES string of the molecule is CN(C(=O)CCC1c2cccn2CCN1S(=O)(=O)c1cccc(C(F)(F)F)c1)C1CCCC(N2CCC(F)(F)CC2)C1.